The zero-order valence-electron chi connectivity index (χ0n) is 10.8. The van der Waals surface area contributed by atoms with Gasteiger partial charge in [-0.3, -0.25) is 4.79 Å². The van der Waals surface area contributed by atoms with E-state index < -0.39 is 12.2 Å². The first-order valence-corrected chi connectivity index (χ1v) is 7.11. The second-order valence-electron chi connectivity index (χ2n) is 4.31. The molecule has 0 spiro atoms. The first kappa shape index (κ1) is 15.2. The van der Waals surface area contributed by atoms with E-state index in [2.05, 4.69) is 6.92 Å². The Morgan fingerprint density at radius 1 is 1.28 bits per heavy atom. The summed E-state index contributed by atoms with van der Waals surface area (Å²) < 4.78 is 0. The smallest absolute Gasteiger partial charge is 0.185 e. The Bertz CT molecular complexity index is 375. The van der Waals surface area contributed by atoms with E-state index in [1.54, 1.807) is 0 Å². The third-order valence-electron chi connectivity index (χ3n) is 2.68. The third-order valence-corrected chi connectivity index (χ3v) is 3.60. The number of aryl methyl sites for hydroxylation is 1. The van der Waals surface area contributed by atoms with Crippen LogP contribution in [-0.4, -0.2) is 27.2 Å². The molecular weight excluding hydrogens is 248 g/mol. The van der Waals surface area contributed by atoms with Crippen molar-refractivity contribution in [2.45, 2.75) is 38.9 Å². The van der Waals surface area contributed by atoms with Crippen LogP contribution in [0.25, 0.3) is 0 Å². The first-order valence-electron chi connectivity index (χ1n) is 6.13. The van der Waals surface area contributed by atoms with Crippen molar-refractivity contribution in [1.29, 1.82) is 0 Å². The van der Waals surface area contributed by atoms with Gasteiger partial charge in [-0.1, -0.05) is 49.4 Å². The summed E-state index contributed by atoms with van der Waals surface area (Å²) in [5.41, 5.74) is 1.91. The second kappa shape index (κ2) is 7.56. The normalized spacial score (nSPS) is 14.2. The highest BCUT2D eigenvalue weighted by atomic mass is 32.2. The van der Waals surface area contributed by atoms with Gasteiger partial charge in [-0.15, -0.1) is 0 Å². The minimum Gasteiger partial charge on any atom is -0.389 e. The molecule has 0 fully saturated rings. The van der Waals surface area contributed by atoms with Crippen LogP contribution in [0.15, 0.2) is 24.3 Å². The van der Waals surface area contributed by atoms with Crippen molar-refractivity contribution in [3.63, 3.8) is 0 Å². The molecule has 1 rings (SSSR count). The molecule has 0 amide bonds. The molecule has 0 aliphatic carbocycles. The van der Waals surface area contributed by atoms with Crippen LogP contribution >= 0.6 is 11.8 Å². The fraction of sp³-hybridized carbons (Fsp3) is 0.500. The predicted molar refractivity (Wildman–Crippen MR) is 74.5 cm³/mol. The summed E-state index contributed by atoms with van der Waals surface area (Å²) in [5.74, 6) is 0.215. The molecule has 2 atom stereocenters. The lowest BCUT2D eigenvalue weighted by Gasteiger charge is -2.17. The summed E-state index contributed by atoms with van der Waals surface area (Å²) in [5, 5.41) is 19.7. The van der Waals surface area contributed by atoms with Gasteiger partial charge in [-0.2, -0.15) is 0 Å². The minimum atomic E-state index is -0.937. The van der Waals surface area contributed by atoms with Gasteiger partial charge in [0.05, 0.1) is 6.10 Å². The largest absolute Gasteiger partial charge is 0.389 e. The van der Waals surface area contributed by atoms with Crippen molar-refractivity contribution < 1.29 is 15.0 Å². The van der Waals surface area contributed by atoms with Crippen molar-refractivity contribution in [3.05, 3.63) is 35.4 Å². The molecule has 4 heteroatoms. The Labute approximate surface area is 112 Å². The lowest BCUT2D eigenvalue weighted by molar-refractivity contribution is -0.109. The summed E-state index contributed by atoms with van der Waals surface area (Å²) in [4.78, 5) is 10.8. The molecule has 1 aromatic rings. The van der Waals surface area contributed by atoms with Crippen molar-refractivity contribution >= 4 is 16.9 Å². The van der Waals surface area contributed by atoms with Gasteiger partial charge >= 0.3 is 0 Å². The van der Waals surface area contributed by atoms with E-state index in [0.717, 1.165) is 24.6 Å². The SMILES string of the molecule is CCCc1ccc(C(O)C(O)CSC(C)=O)cc1. The van der Waals surface area contributed by atoms with Gasteiger partial charge in [0.15, 0.2) is 5.12 Å². The molecular formula is C14H20O3S. The number of hydrogen-bond donors (Lipinski definition) is 2. The molecule has 0 saturated carbocycles. The lowest BCUT2D eigenvalue weighted by Crippen LogP contribution is -2.21. The van der Waals surface area contributed by atoms with Gasteiger partial charge in [0.1, 0.15) is 6.10 Å². The lowest BCUT2D eigenvalue weighted by atomic mass is 10.0. The Morgan fingerprint density at radius 2 is 1.89 bits per heavy atom. The maximum absolute atomic E-state index is 10.8. The van der Waals surface area contributed by atoms with E-state index in [-0.39, 0.29) is 10.9 Å². The molecule has 18 heavy (non-hydrogen) atoms. The average molecular weight is 268 g/mol. The Kier molecular flexibility index (Phi) is 6.39. The number of rotatable bonds is 6. The average Bonchev–Trinajstić information content (AvgIpc) is 2.36. The van der Waals surface area contributed by atoms with Crippen LogP contribution in [0.5, 0.6) is 0 Å². The maximum Gasteiger partial charge on any atom is 0.185 e. The minimum absolute atomic E-state index is 0.0560. The van der Waals surface area contributed by atoms with Gasteiger partial charge in [0, 0.05) is 12.7 Å². The number of thioether (sulfide) groups is 1. The zero-order valence-corrected chi connectivity index (χ0v) is 11.6. The van der Waals surface area contributed by atoms with Gasteiger partial charge < -0.3 is 10.2 Å². The van der Waals surface area contributed by atoms with E-state index >= 15 is 0 Å². The standard InChI is InChI=1S/C14H20O3S/c1-3-4-11-5-7-12(8-6-11)14(17)13(16)9-18-10(2)15/h5-8,13-14,16-17H,3-4,9H2,1-2H3. The summed E-state index contributed by atoms with van der Waals surface area (Å²) in [6.07, 6.45) is 0.238. The zero-order chi connectivity index (χ0) is 13.5. The number of aliphatic hydroxyl groups excluding tert-OH is 2. The van der Waals surface area contributed by atoms with E-state index in [9.17, 15) is 15.0 Å². The fourth-order valence-electron chi connectivity index (χ4n) is 1.69. The van der Waals surface area contributed by atoms with E-state index in [1.807, 2.05) is 24.3 Å². The highest BCUT2D eigenvalue weighted by Gasteiger charge is 2.18. The monoisotopic (exact) mass is 268 g/mol. The van der Waals surface area contributed by atoms with E-state index in [4.69, 9.17) is 0 Å². The third kappa shape index (κ3) is 4.80. The van der Waals surface area contributed by atoms with Crippen molar-refractivity contribution in [2.24, 2.45) is 0 Å². The van der Waals surface area contributed by atoms with Gasteiger partial charge in [-0.05, 0) is 17.5 Å². The summed E-state index contributed by atoms with van der Waals surface area (Å²) in [6, 6.07) is 7.59. The molecule has 1 aromatic carbocycles. The maximum atomic E-state index is 10.8. The van der Waals surface area contributed by atoms with Gasteiger partial charge in [0.25, 0.3) is 0 Å². The quantitative estimate of drug-likeness (QED) is 0.831. The Hall–Kier alpha value is -0.840. The topological polar surface area (TPSA) is 57.5 Å². The molecule has 2 unspecified atom stereocenters. The van der Waals surface area contributed by atoms with Crippen LogP contribution in [0, 0.1) is 0 Å². The number of carbonyl (C=O) groups is 1. The molecule has 0 radical (unpaired) electrons. The van der Waals surface area contributed by atoms with Crippen molar-refractivity contribution in [1.82, 2.24) is 0 Å². The van der Waals surface area contributed by atoms with Crippen LogP contribution in [0.4, 0.5) is 0 Å². The van der Waals surface area contributed by atoms with Crippen LogP contribution in [-0.2, 0) is 11.2 Å². The van der Waals surface area contributed by atoms with Crippen LogP contribution in [0.3, 0.4) is 0 Å². The summed E-state index contributed by atoms with van der Waals surface area (Å²) in [7, 11) is 0. The van der Waals surface area contributed by atoms with Crippen LogP contribution < -0.4 is 0 Å². The molecule has 0 aliphatic rings. The molecule has 0 aliphatic heterocycles. The highest BCUT2D eigenvalue weighted by Crippen LogP contribution is 2.20. The van der Waals surface area contributed by atoms with E-state index in [0.29, 0.717) is 5.56 Å². The molecule has 3 nitrogen and oxygen atoms in total. The van der Waals surface area contributed by atoms with Gasteiger partial charge in [-0.25, -0.2) is 0 Å². The van der Waals surface area contributed by atoms with Crippen LogP contribution in [0.2, 0.25) is 0 Å². The molecule has 100 valence electrons. The molecule has 0 aromatic heterocycles. The number of benzene rings is 1. The molecule has 0 bridgehead atoms. The summed E-state index contributed by atoms with van der Waals surface area (Å²) >= 11 is 1.02. The number of aliphatic hydroxyl groups is 2. The van der Waals surface area contributed by atoms with Crippen molar-refractivity contribution in [3.8, 4) is 0 Å². The van der Waals surface area contributed by atoms with Gasteiger partial charge in [0.2, 0.25) is 0 Å². The first-order chi connectivity index (χ1) is 8.54. The Balaban J connectivity index is 2.59. The second-order valence-corrected chi connectivity index (χ2v) is 5.50. The fourth-order valence-corrected chi connectivity index (χ4v) is 2.27. The number of carbonyl (C=O) groups excluding carboxylic acids is 1. The molecule has 0 heterocycles. The Morgan fingerprint density at radius 3 is 2.39 bits per heavy atom. The van der Waals surface area contributed by atoms with E-state index in [1.165, 1.54) is 12.5 Å². The number of hydrogen-bond acceptors (Lipinski definition) is 4. The predicted octanol–water partition coefficient (Wildman–Crippen LogP) is 2.31. The van der Waals surface area contributed by atoms with Crippen molar-refractivity contribution in [2.75, 3.05) is 5.75 Å². The highest BCUT2D eigenvalue weighted by molar-refractivity contribution is 8.13. The summed E-state index contributed by atoms with van der Waals surface area (Å²) in [6.45, 7) is 3.56. The molecule has 0 saturated heterocycles. The molecule has 2 N–H and O–H groups in total. The van der Waals surface area contributed by atoms with Crippen LogP contribution in [0.1, 0.15) is 37.5 Å².